The summed E-state index contributed by atoms with van der Waals surface area (Å²) in [5.41, 5.74) is 2.48. The third-order valence-corrected chi connectivity index (χ3v) is 4.57. The topological polar surface area (TPSA) is 48.7 Å². The van der Waals surface area contributed by atoms with Gasteiger partial charge >= 0.3 is 0 Å². The van der Waals surface area contributed by atoms with Crippen LogP contribution >= 0.6 is 11.6 Å². The standard InChI is InChI=1S/C20H16ClN3O/c21-15-9-6-10-18(25)20(15)16-13-17(14-7-2-1-3-8-14)24(23-16)19-11-4-5-12-22-19/h1-12,17,25H,13H2. The largest absolute Gasteiger partial charge is 0.507 e. The van der Waals surface area contributed by atoms with E-state index in [2.05, 4.69) is 17.1 Å². The molecule has 0 saturated heterocycles. The van der Waals surface area contributed by atoms with E-state index in [-0.39, 0.29) is 11.8 Å². The number of hydrogen-bond acceptors (Lipinski definition) is 4. The SMILES string of the molecule is Oc1cccc(Cl)c1C1=NN(c2ccccn2)C(c2ccccc2)C1. The number of anilines is 1. The highest BCUT2D eigenvalue weighted by atomic mass is 35.5. The summed E-state index contributed by atoms with van der Waals surface area (Å²) >= 11 is 6.32. The highest BCUT2D eigenvalue weighted by Crippen LogP contribution is 2.38. The lowest BCUT2D eigenvalue weighted by Crippen LogP contribution is -2.19. The Balaban J connectivity index is 1.80. The Labute approximate surface area is 151 Å². The summed E-state index contributed by atoms with van der Waals surface area (Å²) < 4.78 is 0. The van der Waals surface area contributed by atoms with Crippen molar-refractivity contribution in [3.05, 3.63) is 89.1 Å². The van der Waals surface area contributed by atoms with Crippen molar-refractivity contribution in [2.45, 2.75) is 12.5 Å². The lowest BCUT2D eigenvalue weighted by atomic mass is 9.98. The molecule has 4 rings (SSSR count). The molecule has 2 heterocycles. The lowest BCUT2D eigenvalue weighted by Gasteiger charge is -2.22. The van der Waals surface area contributed by atoms with Crippen LogP contribution in [0.15, 0.2) is 78.0 Å². The first-order chi connectivity index (χ1) is 12.2. The Morgan fingerprint density at radius 1 is 0.960 bits per heavy atom. The van der Waals surface area contributed by atoms with Crippen LogP contribution in [0.4, 0.5) is 5.82 Å². The zero-order chi connectivity index (χ0) is 17.2. The van der Waals surface area contributed by atoms with Crippen molar-refractivity contribution in [2.75, 3.05) is 5.01 Å². The van der Waals surface area contributed by atoms with Gasteiger partial charge in [-0.05, 0) is 29.8 Å². The number of hydrogen-bond donors (Lipinski definition) is 1. The van der Waals surface area contributed by atoms with Gasteiger partial charge in [-0.1, -0.05) is 54.1 Å². The summed E-state index contributed by atoms with van der Waals surface area (Å²) in [5.74, 6) is 0.902. The van der Waals surface area contributed by atoms with Crippen molar-refractivity contribution in [1.29, 1.82) is 0 Å². The third kappa shape index (κ3) is 2.96. The molecule has 0 aliphatic carbocycles. The molecule has 0 amide bonds. The second-order valence-corrected chi connectivity index (χ2v) is 6.25. The Morgan fingerprint density at radius 2 is 1.76 bits per heavy atom. The fourth-order valence-corrected chi connectivity index (χ4v) is 3.37. The molecule has 1 aromatic heterocycles. The Morgan fingerprint density at radius 3 is 2.48 bits per heavy atom. The smallest absolute Gasteiger partial charge is 0.149 e. The number of phenolic OH excluding ortho intramolecular Hbond substituents is 1. The van der Waals surface area contributed by atoms with Crippen molar-refractivity contribution in [1.82, 2.24) is 4.98 Å². The molecule has 4 nitrogen and oxygen atoms in total. The zero-order valence-electron chi connectivity index (χ0n) is 13.4. The summed E-state index contributed by atoms with van der Waals surface area (Å²) in [6.45, 7) is 0. The number of rotatable bonds is 3. The van der Waals surface area contributed by atoms with Crippen molar-refractivity contribution >= 4 is 23.1 Å². The molecular formula is C20H16ClN3O. The van der Waals surface area contributed by atoms with Gasteiger partial charge in [0.25, 0.3) is 0 Å². The summed E-state index contributed by atoms with van der Waals surface area (Å²) in [7, 11) is 0. The van der Waals surface area contributed by atoms with E-state index < -0.39 is 0 Å². The average Bonchev–Trinajstić information content (AvgIpc) is 3.08. The molecule has 1 aliphatic rings. The van der Waals surface area contributed by atoms with Crippen molar-refractivity contribution in [3.63, 3.8) is 0 Å². The van der Waals surface area contributed by atoms with Crippen LogP contribution in [0.25, 0.3) is 0 Å². The molecule has 5 heteroatoms. The van der Waals surface area contributed by atoms with Gasteiger partial charge in [0, 0.05) is 12.6 Å². The number of aromatic nitrogens is 1. The van der Waals surface area contributed by atoms with Gasteiger partial charge in [0.15, 0.2) is 0 Å². The first kappa shape index (κ1) is 15.7. The third-order valence-electron chi connectivity index (χ3n) is 4.26. The first-order valence-corrected chi connectivity index (χ1v) is 8.42. The maximum atomic E-state index is 10.3. The average molecular weight is 350 g/mol. The predicted molar refractivity (Wildman–Crippen MR) is 100 cm³/mol. The van der Waals surface area contributed by atoms with E-state index in [1.165, 1.54) is 0 Å². The fraction of sp³-hybridized carbons (Fsp3) is 0.100. The van der Waals surface area contributed by atoms with E-state index in [1.54, 1.807) is 24.4 Å². The maximum absolute atomic E-state index is 10.3. The summed E-state index contributed by atoms with van der Waals surface area (Å²) in [4.78, 5) is 4.43. The molecule has 0 radical (unpaired) electrons. The minimum Gasteiger partial charge on any atom is -0.507 e. The van der Waals surface area contributed by atoms with E-state index >= 15 is 0 Å². The van der Waals surface area contributed by atoms with Crippen molar-refractivity contribution < 1.29 is 5.11 Å². The highest BCUT2D eigenvalue weighted by molar-refractivity contribution is 6.34. The Bertz CT molecular complexity index is 892. The minimum atomic E-state index is 0.00164. The summed E-state index contributed by atoms with van der Waals surface area (Å²) in [6.07, 6.45) is 2.38. The van der Waals surface area contributed by atoms with Gasteiger partial charge in [-0.2, -0.15) is 5.10 Å². The Kier molecular flexibility index (Phi) is 4.12. The molecule has 3 aromatic rings. The monoisotopic (exact) mass is 349 g/mol. The van der Waals surface area contributed by atoms with Crippen LogP contribution in [0.5, 0.6) is 5.75 Å². The number of nitrogens with zero attached hydrogens (tertiary/aromatic N) is 3. The molecule has 1 N–H and O–H groups in total. The summed E-state index contributed by atoms with van der Waals surface area (Å²) in [5, 5.41) is 17.4. The van der Waals surface area contributed by atoms with Crippen LogP contribution in [-0.2, 0) is 0 Å². The van der Waals surface area contributed by atoms with Crippen molar-refractivity contribution in [2.24, 2.45) is 5.10 Å². The second kappa shape index (κ2) is 6.57. The number of phenols is 1. The highest BCUT2D eigenvalue weighted by Gasteiger charge is 2.32. The second-order valence-electron chi connectivity index (χ2n) is 5.84. The van der Waals surface area contributed by atoms with Crippen LogP contribution in [-0.4, -0.2) is 15.8 Å². The molecule has 0 saturated carbocycles. The summed E-state index contributed by atoms with van der Waals surface area (Å²) in [6, 6.07) is 21.0. The van der Waals surface area contributed by atoms with Gasteiger partial charge < -0.3 is 5.11 Å². The Hall–Kier alpha value is -2.85. The van der Waals surface area contributed by atoms with Crippen LogP contribution in [0.3, 0.4) is 0 Å². The van der Waals surface area contributed by atoms with E-state index in [0.717, 1.165) is 17.1 Å². The lowest BCUT2D eigenvalue weighted by molar-refractivity contribution is 0.474. The zero-order valence-corrected chi connectivity index (χ0v) is 14.1. The molecule has 0 fully saturated rings. The van der Waals surface area contributed by atoms with Crippen LogP contribution < -0.4 is 5.01 Å². The minimum absolute atomic E-state index is 0.00164. The van der Waals surface area contributed by atoms with Gasteiger partial charge in [0.1, 0.15) is 11.6 Å². The molecule has 1 aliphatic heterocycles. The number of aromatic hydroxyl groups is 1. The van der Waals surface area contributed by atoms with Crippen LogP contribution in [0.1, 0.15) is 23.6 Å². The molecule has 0 bridgehead atoms. The van der Waals surface area contributed by atoms with Crippen LogP contribution in [0, 0.1) is 0 Å². The first-order valence-electron chi connectivity index (χ1n) is 8.04. The maximum Gasteiger partial charge on any atom is 0.149 e. The van der Waals surface area contributed by atoms with Gasteiger partial charge in [-0.15, -0.1) is 0 Å². The number of halogens is 1. The van der Waals surface area contributed by atoms with Crippen LogP contribution in [0.2, 0.25) is 5.02 Å². The van der Waals surface area contributed by atoms with E-state index in [4.69, 9.17) is 16.7 Å². The number of benzene rings is 2. The van der Waals surface area contributed by atoms with Gasteiger partial charge in [0.2, 0.25) is 0 Å². The van der Waals surface area contributed by atoms with Gasteiger partial charge in [-0.25, -0.2) is 9.99 Å². The van der Waals surface area contributed by atoms with Gasteiger partial charge in [0.05, 0.1) is 22.3 Å². The van der Waals surface area contributed by atoms with E-state index in [1.807, 2.05) is 41.4 Å². The molecule has 124 valence electrons. The molecule has 0 spiro atoms. The quantitative estimate of drug-likeness (QED) is 0.739. The molecule has 2 aromatic carbocycles. The molecule has 1 atom stereocenters. The predicted octanol–water partition coefficient (Wildman–Crippen LogP) is 4.80. The molecule has 25 heavy (non-hydrogen) atoms. The van der Waals surface area contributed by atoms with E-state index in [0.29, 0.717) is 17.0 Å². The van der Waals surface area contributed by atoms with E-state index in [9.17, 15) is 5.11 Å². The molecular weight excluding hydrogens is 334 g/mol. The fourth-order valence-electron chi connectivity index (χ4n) is 3.10. The normalized spacial score (nSPS) is 16.8. The number of hydrazone groups is 1. The molecule has 1 unspecified atom stereocenters. The number of pyridine rings is 1. The van der Waals surface area contributed by atoms with Gasteiger partial charge in [-0.3, -0.25) is 0 Å². The van der Waals surface area contributed by atoms with Crippen molar-refractivity contribution in [3.8, 4) is 5.75 Å².